The molecule has 316 valence electrons. The van der Waals surface area contributed by atoms with Gasteiger partial charge in [-0.2, -0.15) is 0 Å². The van der Waals surface area contributed by atoms with Gasteiger partial charge in [0, 0.05) is 38.2 Å². The van der Waals surface area contributed by atoms with Gasteiger partial charge in [0.05, 0.1) is 30.6 Å². The van der Waals surface area contributed by atoms with Crippen LogP contribution >= 0.6 is 34.0 Å². The molecule has 0 aliphatic rings. The van der Waals surface area contributed by atoms with Crippen LogP contribution in [-0.2, 0) is 0 Å². The van der Waals surface area contributed by atoms with Gasteiger partial charge in [0.1, 0.15) is 15.0 Å². The zero-order valence-electron chi connectivity index (χ0n) is 36.4. The first-order chi connectivity index (χ1) is 33.7. The molecular formula is C61H36BN3S3. The second-order valence-corrected chi connectivity index (χ2v) is 20.5. The zero-order valence-corrected chi connectivity index (χ0v) is 38.9. The minimum atomic E-state index is -0.0116. The Bertz CT molecular complexity index is 3910. The predicted octanol–water partition coefficient (Wildman–Crippen LogP) is 15.3. The first-order valence-corrected chi connectivity index (χ1v) is 25.3. The summed E-state index contributed by atoms with van der Waals surface area (Å²) in [5, 5.41) is 13.0. The van der Waals surface area contributed by atoms with Gasteiger partial charge in [-0.3, -0.25) is 0 Å². The van der Waals surface area contributed by atoms with Crippen LogP contribution in [0.15, 0.2) is 218 Å². The number of fused-ring (bicyclic) bond motifs is 13. The lowest BCUT2D eigenvalue weighted by molar-refractivity contribution is 1.48. The van der Waals surface area contributed by atoms with E-state index in [4.69, 9.17) is 15.0 Å². The first-order valence-electron chi connectivity index (χ1n) is 22.9. The molecular weight excluding hydrogens is 882 g/mol. The molecule has 0 bridgehead atoms. The highest BCUT2D eigenvalue weighted by Gasteiger charge is 2.24. The van der Waals surface area contributed by atoms with E-state index in [9.17, 15) is 0 Å². The lowest BCUT2D eigenvalue weighted by Crippen LogP contribution is -2.51. The number of thiazole rings is 3. The summed E-state index contributed by atoms with van der Waals surface area (Å²) in [6.45, 7) is -0.0116. The Kier molecular flexibility index (Phi) is 9.22. The number of hydrogen-bond acceptors (Lipinski definition) is 6. The van der Waals surface area contributed by atoms with E-state index in [0.29, 0.717) is 0 Å². The Morgan fingerprint density at radius 2 is 0.647 bits per heavy atom. The quantitative estimate of drug-likeness (QED) is 0.118. The van der Waals surface area contributed by atoms with Crippen molar-refractivity contribution in [2.24, 2.45) is 0 Å². The van der Waals surface area contributed by atoms with Crippen LogP contribution in [0, 0.1) is 0 Å². The average molecular weight is 918 g/mol. The van der Waals surface area contributed by atoms with E-state index in [1.54, 1.807) is 34.0 Å². The van der Waals surface area contributed by atoms with Gasteiger partial charge in [-0.25, -0.2) is 15.0 Å². The Balaban J connectivity index is 0.851. The number of aromatic nitrogens is 3. The molecule has 0 spiro atoms. The molecule has 3 heterocycles. The largest absolute Gasteiger partial charge is 0.241 e. The van der Waals surface area contributed by atoms with Crippen molar-refractivity contribution in [2.45, 2.75) is 0 Å². The van der Waals surface area contributed by atoms with Gasteiger partial charge in [0.15, 0.2) is 0 Å². The highest BCUT2D eigenvalue weighted by atomic mass is 32.1. The molecule has 68 heavy (non-hydrogen) atoms. The van der Waals surface area contributed by atoms with Gasteiger partial charge in [-0.1, -0.05) is 223 Å². The molecule has 0 saturated carbocycles. The smallest absolute Gasteiger partial charge is 0.236 e. The summed E-state index contributed by atoms with van der Waals surface area (Å²) in [6, 6.07) is 79.2. The molecule has 0 N–H and O–H groups in total. The molecule has 0 fully saturated rings. The van der Waals surface area contributed by atoms with Crippen molar-refractivity contribution in [2.75, 3.05) is 0 Å². The second kappa shape index (κ2) is 15.9. The van der Waals surface area contributed by atoms with Crippen LogP contribution in [0.25, 0.3) is 117 Å². The Morgan fingerprint density at radius 3 is 1.10 bits per heavy atom. The first kappa shape index (κ1) is 39.4. The van der Waals surface area contributed by atoms with Crippen molar-refractivity contribution >= 4 is 131 Å². The predicted molar refractivity (Wildman–Crippen MR) is 295 cm³/mol. The second-order valence-electron chi connectivity index (χ2n) is 17.4. The molecule has 3 aromatic heterocycles. The van der Waals surface area contributed by atoms with Gasteiger partial charge in [0.25, 0.3) is 0 Å². The number of hydrogen-bond donors (Lipinski definition) is 0. The average Bonchev–Trinajstić information content (AvgIpc) is 4.18. The van der Waals surface area contributed by atoms with E-state index in [0.717, 1.165) is 48.3 Å². The third-order valence-electron chi connectivity index (χ3n) is 13.5. The summed E-state index contributed by atoms with van der Waals surface area (Å²) in [5.41, 5.74) is 12.6. The van der Waals surface area contributed by atoms with Crippen molar-refractivity contribution in [3.05, 3.63) is 218 Å². The summed E-state index contributed by atoms with van der Waals surface area (Å²) >= 11 is 5.31. The van der Waals surface area contributed by atoms with Gasteiger partial charge in [0.2, 0.25) is 6.71 Å². The fourth-order valence-electron chi connectivity index (χ4n) is 10.2. The van der Waals surface area contributed by atoms with Crippen molar-refractivity contribution in [1.29, 1.82) is 0 Å². The third-order valence-corrected chi connectivity index (χ3v) is 16.9. The zero-order chi connectivity index (χ0) is 44.7. The lowest BCUT2D eigenvalue weighted by atomic mass is 9.37. The van der Waals surface area contributed by atoms with E-state index in [1.165, 1.54) is 84.7 Å². The van der Waals surface area contributed by atoms with E-state index in [2.05, 4.69) is 218 Å². The number of nitrogens with zero attached hydrogens (tertiary/aromatic N) is 3. The van der Waals surface area contributed by atoms with Gasteiger partial charge in [-0.15, -0.1) is 34.0 Å². The van der Waals surface area contributed by atoms with Gasteiger partial charge >= 0.3 is 0 Å². The van der Waals surface area contributed by atoms with E-state index < -0.39 is 0 Å². The molecule has 0 radical (unpaired) electrons. The maximum atomic E-state index is 5.32. The summed E-state index contributed by atoms with van der Waals surface area (Å²) in [6.07, 6.45) is 0. The number of rotatable bonds is 7. The van der Waals surface area contributed by atoms with Crippen molar-refractivity contribution in [1.82, 2.24) is 15.0 Å². The van der Waals surface area contributed by atoms with Crippen LogP contribution in [0.4, 0.5) is 0 Å². The molecule has 14 aromatic rings. The standard InChI is InChI=1S/C61H36BN3S3/c1-2-12-37(13-3-1)41-28-35-53-54(36-41)66-59(63-53)38-22-29-42(30-23-38)62(43-31-24-39(25-32-43)60-64-55-49-18-8-4-14-45(49)47-16-6-10-20-51(47)57(55)67-60)44-33-26-40(27-34-44)61-65-56-50-19-9-5-15-46(50)48-17-7-11-21-52(48)58(56)68-61/h1-36H. The molecule has 7 heteroatoms. The van der Waals surface area contributed by atoms with Crippen LogP contribution in [0.5, 0.6) is 0 Å². The third kappa shape index (κ3) is 6.50. The van der Waals surface area contributed by atoms with E-state index in [-0.39, 0.29) is 6.71 Å². The lowest BCUT2D eigenvalue weighted by Gasteiger charge is -2.17. The maximum Gasteiger partial charge on any atom is 0.241 e. The highest BCUT2D eigenvalue weighted by molar-refractivity contribution is 7.23. The molecule has 3 nitrogen and oxygen atoms in total. The van der Waals surface area contributed by atoms with E-state index in [1.807, 2.05) is 0 Å². The molecule has 11 aromatic carbocycles. The van der Waals surface area contributed by atoms with Crippen LogP contribution in [-0.4, -0.2) is 21.7 Å². The molecule has 0 aliphatic carbocycles. The normalized spacial score (nSPS) is 11.8. The number of benzene rings is 11. The SMILES string of the molecule is c1ccc(-c2ccc3nc(-c4ccc(B(c5ccc(-c6nc7c8ccccc8c8ccccc8c7s6)cc5)c5ccc(-c6nc7c8ccccc8c8ccccc8c7s6)cc5)cc4)sc3c2)cc1. The molecule has 0 saturated heterocycles. The summed E-state index contributed by atoms with van der Waals surface area (Å²) in [5.74, 6) is 0. The molecule has 14 rings (SSSR count). The van der Waals surface area contributed by atoms with Crippen molar-refractivity contribution in [3.63, 3.8) is 0 Å². The molecule has 0 atom stereocenters. The Hall–Kier alpha value is -7.81. The molecule has 0 aliphatic heterocycles. The minimum absolute atomic E-state index is 0.0116. The fraction of sp³-hybridized carbons (Fsp3) is 0. The summed E-state index contributed by atoms with van der Waals surface area (Å²) in [4.78, 5) is 15.7. The topological polar surface area (TPSA) is 38.7 Å². The molecule has 0 unspecified atom stereocenters. The van der Waals surface area contributed by atoms with Crippen LogP contribution in [0.2, 0.25) is 0 Å². The highest BCUT2D eigenvalue weighted by Crippen LogP contribution is 2.42. The van der Waals surface area contributed by atoms with Crippen molar-refractivity contribution < 1.29 is 0 Å². The Labute approximate surface area is 404 Å². The van der Waals surface area contributed by atoms with Crippen LogP contribution in [0.3, 0.4) is 0 Å². The van der Waals surface area contributed by atoms with Crippen molar-refractivity contribution in [3.8, 4) is 42.8 Å². The Morgan fingerprint density at radius 1 is 0.279 bits per heavy atom. The maximum absolute atomic E-state index is 5.32. The van der Waals surface area contributed by atoms with Crippen LogP contribution < -0.4 is 16.4 Å². The monoisotopic (exact) mass is 917 g/mol. The summed E-state index contributed by atoms with van der Waals surface area (Å²) < 4.78 is 3.65. The molecule has 0 amide bonds. The minimum Gasteiger partial charge on any atom is -0.236 e. The van der Waals surface area contributed by atoms with Gasteiger partial charge in [-0.05, 0) is 44.8 Å². The van der Waals surface area contributed by atoms with E-state index >= 15 is 0 Å². The van der Waals surface area contributed by atoms with Gasteiger partial charge < -0.3 is 0 Å². The summed E-state index contributed by atoms with van der Waals surface area (Å²) in [7, 11) is 0. The fourth-order valence-corrected chi connectivity index (χ4v) is 13.4. The van der Waals surface area contributed by atoms with Crippen LogP contribution in [0.1, 0.15) is 0 Å².